The number of nitrogens with zero attached hydrogens (tertiary/aromatic N) is 3. The maximum atomic E-state index is 13.4. The molecule has 1 atom stereocenters. The molecule has 1 amide bonds. The van der Waals surface area contributed by atoms with E-state index in [1.54, 1.807) is 34.8 Å². The molecule has 8 nitrogen and oxygen atoms in total. The summed E-state index contributed by atoms with van der Waals surface area (Å²) in [5.74, 6) is 0.234. The van der Waals surface area contributed by atoms with Crippen molar-refractivity contribution in [1.82, 2.24) is 19.6 Å². The number of piperidine rings is 1. The van der Waals surface area contributed by atoms with Gasteiger partial charge in [0.15, 0.2) is 0 Å². The molecule has 1 N–H and O–H groups in total. The molecule has 0 spiro atoms. The van der Waals surface area contributed by atoms with Gasteiger partial charge in [-0.15, -0.1) is 0 Å². The van der Waals surface area contributed by atoms with Crippen molar-refractivity contribution in [1.29, 1.82) is 0 Å². The van der Waals surface area contributed by atoms with E-state index in [0.29, 0.717) is 60.0 Å². The second kappa shape index (κ2) is 10.0. The molecule has 0 aliphatic carbocycles. The van der Waals surface area contributed by atoms with Crippen molar-refractivity contribution < 1.29 is 17.9 Å². The van der Waals surface area contributed by atoms with Crippen LogP contribution in [0.4, 0.5) is 0 Å². The zero-order chi connectivity index (χ0) is 24.4. The van der Waals surface area contributed by atoms with Crippen LogP contribution in [0, 0.1) is 5.92 Å². The predicted molar refractivity (Wildman–Crippen MR) is 133 cm³/mol. The maximum absolute atomic E-state index is 13.4. The van der Waals surface area contributed by atoms with Gasteiger partial charge in [-0.25, -0.2) is 13.4 Å². The summed E-state index contributed by atoms with van der Waals surface area (Å²) in [5, 5.41) is 3.47. The molecule has 0 radical (unpaired) electrons. The third-order valence-corrected chi connectivity index (χ3v) is 8.74. The van der Waals surface area contributed by atoms with Gasteiger partial charge in [0.2, 0.25) is 10.0 Å². The number of sulfonamides is 1. The largest absolute Gasteiger partial charge is 0.376 e. The molecule has 2 aromatic heterocycles. The van der Waals surface area contributed by atoms with Crippen LogP contribution in [0.3, 0.4) is 0 Å². The van der Waals surface area contributed by atoms with Gasteiger partial charge in [0.1, 0.15) is 0 Å². The minimum atomic E-state index is -3.67. The summed E-state index contributed by atoms with van der Waals surface area (Å²) in [4.78, 5) is 22.6. The molecule has 2 aliphatic rings. The van der Waals surface area contributed by atoms with Gasteiger partial charge >= 0.3 is 0 Å². The topological polar surface area (TPSA) is 101 Å². The fourth-order valence-corrected chi connectivity index (χ4v) is 6.18. The molecule has 35 heavy (non-hydrogen) atoms. The molecule has 0 saturated carbocycles. The lowest BCUT2D eigenvalue weighted by atomic mass is 10.0. The maximum Gasteiger partial charge on any atom is 0.252 e. The number of aromatic nitrogens is 2. The van der Waals surface area contributed by atoms with E-state index in [1.807, 2.05) is 18.2 Å². The highest BCUT2D eigenvalue weighted by molar-refractivity contribution is 7.89. The van der Waals surface area contributed by atoms with E-state index in [2.05, 4.69) is 17.2 Å². The number of hydrogen-bond donors (Lipinski definition) is 1. The summed E-state index contributed by atoms with van der Waals surface area (Å²) in [6.45, 7) is 4.27. The van der Waals surface area contributed by atoms with Crippen molar-refractivity contribution in [2.45, 2.75) is 43.6 Å². The quantitative estimate of drug-likeness (QED) is 0.562. The molecular formula is C26H30N4O4S. The second-order valence-electron chi connectivity index (χ2n) is 9.38. The first-order chi connectivity index (χ1) is 16.9. The number of nitrogens with one attached hydrogen (secondary N) is 1. The van der Waals surface area contributed by atoms with Crippen LogP contribution in [0.25, 0.3) is 22.3 Å². The lowest BCUT2D eigenvalue weighted by Gasteiger charge is -2.29. The van der Waals surface area contributed by atoms with Crippen molar-refractivity contribution in [3.8, 4) is 11.4 Å². The van der Waals surface area contributed by atoms with E-state index in [-0.39, 0.29) is 16.9 Å². The Kier molecular flexibility index (Phi) is 6.82. The highest BCUT2D eigenvalue weighted by Crippen LogP contribution is 2.29. The molecule has 3 aromatic rings. The van der Waals surface area contributed by atoms with E-state index >= 15 is 0 Å². The Morgan fingerprint density at radius 3 is 2.66 bits per heavy atom. The van der Waals surface area contributed by atoms with Gasteiger partial charge < -0.3 is 10.1 Å². The Morgan fingerprint density at radius 1 is 1.11 bits per heavy atom. The first kappa shape index (κ1) is 23.8. The first-order valence-corrected chi connectivity index (χ1v) is 13.6. The predicted octanol–water partition coefficient (Wildman–Crippen LogP) is 3.63. The summed E-state index contributed by atoms with van der Waals surface area (Å²) in [6, 6.07) is 12.0. The van der Waals surface area contributed by atoms with Gasteiger partial charge in [0, 0.05) is 37.8 Å². The average Bonchev–Trinajstić information content (AvgIpc) is 3.41. The standard InChI is InChI=1S/C26H30N4O4S/c1-18-9-12-30(13-10-18)35(32,33)20-7-8-23-21(15-20)22(26(31)28-17-19-5-4-14-34-19)16-25(29-23)24-6-2-3-11-27-24/h2-3,6-8,11,15-16,18-19H,4-5,9-10,12-14,17H2,1H3,(H,28,31)/t19-/m1/s1. The number of hydrogen-bond acceptors (Lipinski definition) is 6. The lowest BCUT2D eigenvalue weighted by molar-refractivity contribution is 0.0859. The fraction of sp³-hybridized carbons (Fsp3) is 0.423. The molecule has 184 valence electrons. The summed E-state index contributed by atoms with van der Waals surface area (Å²) in [5.41, 5.74) is 2.11. The van der Waals surface area contributed by atoms with Gasteiger partial charge in [0.05, 0.1) is 33.5 Å². The first-order valence-electron chi connectivity index (χ1n) is 12.2. The average molecular weight is 495 g/mol. The Morgan fingerprint density at radius 2 is 1.94 bits per heavy atom. The number of carbonyl (C=O) groups is 1. The molecule has 5 rings (SSSR count). The zero-order valence-electron chi connectivity index (χ0n) is 19.8. The van der Waals surface area contributed by atoms with Crippen LogP contribution in [-0.2, 0) is 14.8 Å². The Bertz CT molecular complexity index is 1320. The normalized spacial score (nSPS) is 19.7. The van der Waals surface area contributed by atoms with Crippen molar-refractivity contribution in [3.05, 3.63) is 54.2 Å². The molecule has 1 aromatic carbocycles. The van der Waals surface area contributed by atoms with E-state index in [4.69, 9.17) is 9.72 Å². The van der Waals surface area contributed by atoms with Crippen LogP contribution < -0.4 is 5.32 Å². The highest BCUT2D eigenvalue weighted by Gasteiger charge is 2.29. The Labute approximate surface area is 205 Å². The van der Waals surface area contributed by atoms with Crippen LogP contribution >= 0.6 is 0 Å². The second-order valence-corrected chi connectivity index (χ2v) is 11.3. The van der Waals surface area contributed by atoms with Gasteiger partial charge in [0.25, 0.3) is 5.91 Å². The molecular weight excluding hydrogens is 464 g/mol. The highest BCUT2D eigenvalue weighted by atomic mass is 32.2. The SMILES string of the molecule is CC1CCN(S(=O)(=O)c2ccc3nc(-c4ccccn4)cc(C(=O)NC[C@H]4CCCO4)c3c2)CC1. The van der Waals surface area contributed by atoms with Gasteiger partial charge in [-0.2, -0.15) is 4.31 Å². The number of ether oxygens (including phenoxy) is 1. The molecule has 0 unspecified atom stereocenters. The number of fused-ring (bicyclic) bond motifs is 1. The summed E-state index contributed by atoms with van der Waals surface area (Å²) < 4.78 is 33.9. The van der Waals surface area contributed by atoms with Gasteiger partial charge in [-0.1, -0.05) is 13.0 Å². The zero-order valence-corrected chi connectivity index (χ0v) is 20.6. The molecule has 9 heteroatoms. The summed E-state index contributed by atoms with van der Waals surface area (Å²) >= 11 is 0. The molecule has 2 aliphatic heterocycles. The van der Waals surface area contributed by atoms with Crippen LogP contribution in [0.5, 0.6) is 0 Å². The van der Waals surface area contributed by atoms with Crippen LogP contribution in [0.2, 0.25) is 0 Å². The van der Waals surface area contributed by atoms with Crippen LogP contribution in [-0.4, -0.2) is 60.9 Å². The van der Waals surface area contributed by atoms with E-state index in [0.717, 1.165) is 25.7 Å². The molecule has 2 saturated heterocycles. The monoisotopic (exact) mass is 494 g/mol. The van der Waals surface area contributed by atoms with Crippen molar-refractivity contribution >= 4 is 26.8 Å². The number of benzene rings is 1. The van der Waals surface area contributed by atoms with Crippen molar-refractivity contribution in [2.75, 3.05) is 26.2 Å². The third kappa shape index (κ3) is 5.07. The van der Waals surface area contributed by atoms with Crippen molar-refractivity contribution in [3.63, 3.8) is 0 Å². The van der Waals surface area contributed by atoms with E-state index in [1.165, 1.54) is 0 Å². The smallest absolute Gasteiger partial charge is 0.252 e. The third-order valence-electron chi connectivity index (χ3n) is 6.85. The summed E-state index contributed by atoms with van der Waals surface area (Å²) in [6.07, 6.45) is 5.26. The van der Waals surface area contributed by atoms with E-state index in [9.17, 15) is 13.2 Å². The number of rotatable bonds is 6. The van der Waals surface area contributed by atoms with Gasteiger partial charge in [-0.05, 0) is 68.0 Å². The number of pyridine rings is 2. The number of carbonyl (C=O) groups excluding carboxylic acids is 1. The number of amides is 1. The lowest BCUT2D eigenvalue weighted by Crippen LogP contribution is -2.37. The minimum Gasteiger partial charge on any atom is -0.376 e. The minimum absolute atomic E-state index is 0.000237. The Hall–Kier alpha value is -2.88. The molecule has 4 heterocycles. The van der Waals surface area contributed by atoms with Gasteiger partial charge in [-0.3, -0.25) is 9.78 Å². The van der Waals surface area contributed by atoms with Crippen molar-refractivity contribution in [2.24, 2.45) is 5.92 Å². The van der Waals surface area contributed by atoms with E-state index < -0.39 is 10.0 Å². The fourth-order valence-electron chi connectivity index (χ4n) is 4.68. The summed E-state index contributed by atoms with van der Waals surface area (Å²) in [7, 11) is -3.67. The molecule has 0 bridgehead atoms. The van der Waals surface area contributed by atoms with Crippen LogP contribution in [0.1, 0.15) is 43.0 Å². The Balaban J connectivity index is 1.54. The van der Waals surface area contributed by atoms with Crippen LogP contribution in [0.15, 0.2) is 53.6 Å². The molecule has 2 fully saturated rings.